The third kappa shape index (κ3) is 2.33. The van der Waals surface area contributed by atoms with Crippen molar-refractivity contribution in [3.8, 4) is 16.9 Å². The Morgan fingerprint density at radius 3 is 2.17 bits per heavy atom. The SMILES string of the molecule is Oc1c(-c2ccccc2)cccc1C(O)C(F)F. The Hall–Kier alpha value is -1.94. The molecule has 0 bridgehead atoms. The van der Waals surface area contributed by atoms with E-state index in [0.29, 0.717) is 11.1 Å². The molecule has 1 unspecified atom stereocenters. The van der Waals surface area contributed by atoms with Gasteiger partial charge in [0.2, 0.25) is 0 Å². The zero-order chi connectivity index (χ0) is 13.1. The molecule has 2 N–H and O–H groups in total. The zero-order valence-electron chi connectivity index (χ0n) is 9.42. The summed E-state index contributed by atoms with van der Waals surface area (Å²) in [6.07, 6.45) is -4.91. The lowest BCUT2D eigenvalue weighted by atomic mass is 9.99. The summed E-state index contributed by atoms with van der Waals surface area (Å²) in [5.74, 6) is -0.309. The summed E-state index contributed by atoms with van der Waals surface area (Å²) in [6, 6.07) is 13.3. The number of alkyl halides is 2. The number of aromatic hydroxyl groups is 1. The minimum absolute atomic E-state index is 0.161. The number of aliphatic hydroxyl groups is 1. The van der Waals surface area contributed by atoms with Crippen LogP contribution < -0.4 is 0 Å². The van der Waals surface area contributed by atoms with Crippen LogP contribution in [0.4, 0.5) is 8.78 Å². The molecule has 4 heteroatoms. The molecule has 0 aromatic heterocycles. The molecule has 94 valence electrons. The van der Waals surface area contributed by atoms with Gasteiger partial charge >= 0.3 is 0 Å². The Morgan fingerprint density at radius 1 is 0.889 bits per heavy atom. The van der Waals surface area contributed by atoms with E-state index in [9.17, 15) is 19.0 Å². The molecule has 0 spiro atoms. The first kappa shape index (κ1) is 12.5. The fourth-order valence-electron chi connectivity index (χ4n) is 1.79. The zero-order valence-corrected chi connectivity index (χ0v) is 9.42. The average Bonchev–Trinajstić information content (AvgIpc) is 2.39. The first-order chi connectivity index (χ1) is 8.61. The Labute approximate surface area is 103 Å². The highest BCUT2D eigenvalue weighted by atomic mass is 19.3. The first-order valence-corrected chi connectivity index (χ1v) is 5.44. The van der Waals surface area contributed by atoms with Crippen LogP contribution in [0, 0.1) is 0 Å². The summed E-state index contributed by atoms with van der Waals surface area (Å²) < 4.78 is 24.9. The van der Waals surface area contributed by atoms with Crippen molar-refractivity contribution in [2.45, 2.75) is 12.5 Å². The normalized spacial score (nSPS) is 12.7. The van der Waals surface area contributed by atoms with E-state index >= 15 is 0 Å². The van der Waals surface area contributed by atoms with Gasteiger partial charge in [0.1, 0.15) is 11.9 Å². The highest BCUT2D eigenvalue weighted by Crippen LogP contribution is 2.36. The van der Waals surface area contributed by atoms with Gasteiger partial charge in [-0.2, -0.15) is 0 Å². The Morgan fingerprint density at radius 2 is 1.56 bits per heavy atom. The molecule has 0 radical (unpaired) electrons. The highest BCUT2D eigenvalue weighted by molar-refractivity contribution is 5.71. The van der Waals surface area contributed by atoms with Gasteiger partial charge in [0, 0.05) is 11.1 Å². The van der Waals surface area contributed by atoms with Gasteiger partial charge in [0.05, 0.1) is 0 Å². The molecular weight excluding hydrogens is 238 g/mol. The smallest absolute Gasteiger partial charge is 0.268 e. The molecule has 18 heavy (non-hydrogen) atoms. The minimum Gasteiger partial charge on any atom is -0.507 e. The van der Waals surface area contributed by atoms with Gasteiger partial charge in [0.25, 0.3) is 6.43 Å². The summed E-state index contributed by atoms with van der Waals surface area (Å²) >= 11 is 0. The number of phenolic OH excluding ortho intramolecular Hbond substituents is 1. The lowest BCUT2D eigenvalue weighted by molar-refractivity contribution is -0.00693. The Kier molecular flexibility index (Phi) is 3.58. The standard InChI is InChI=1S/C14H12F2O2/c15-14(16)13(18)11-8-4-7-10(12(11)17)9-5-2-1-3-6-9/h1-8,13-14,17-18H. The Balaban J connectivity index is 2.49. The molecule has 0 aliphatic carbocycles. The number of para-hydroxylation sites is 1. The van der Waals surface area contributed by atoms with Crippen LogP contribution in [-0.2, 0) is 0 Å². The maximum Gasteiger partial charge on any atom is 0.268 e. The molecule has 2 aromatic carbocycles. The monoisotopic (exact) mass is 250 g/mol. The topological polar surface area (TPSA) is 40.5 Å². The number of phenols is 1. The third-order valence-electron chi connectivity index (χ3n) is 2.71. The molecule has 0 amide bonds. The molecule has 2 nitrogen and oxygen atoms in total. The van der Waals surface area contributed by atoms with E-state index in [4.69, 9.17) is 0 Å². The van der Waals surface area contributed by atoms with Gasteiger partial charge in [0.15, 0.2) is 0 Å². The quantitative estimate of drug-likeness (QED) is 0.876. The van der Waals surface area contributed by atoms with Crippen LogP contribution in [0.15, 0.2) is 48.5 Å². The van der Waals surface area contributed by atoms with Crippen molar-refractivity contribution >= 4 is 0 Å². The van der Waals surface area contributed by atoms with E-state index in [1.165, 1.54) is 12.1 Å². The van der Waals surface area contributed by atoms with Crippen LogP contribution in [0.2, 0.25) is 0 Å². The molecule has 1 atom stereocenters. The van der Waals surface area contributed by atoms with Crippen LogP contribution in [0.5, 0.6) is 5.75 Å². The molecule has 2 rings (SSSR count). The molecule has 0 heterocycles. The van der Waals surface area contributed by atoms with Gasteiger partial charge in [-0.3, -0.25) is 0 Å². The fourth-order valence-corrected chi connectivity index (χ4v) is 1.79. The number of aliphatic hydroxyl groups excluding tert-OH is 1. The summed E-state index contributed by atoms with van der Waals surface area (Å²) in [5, 5.41) is 19.3. The summed E-state index contributed by atoms with van der Waals surface area (Å²) in [5.41, 5.74) is 0.970. The molecule has 0 saturated heterocycles. The van der Waals surface area contributed by atoms with E-state index in [-0.39, 0.29) is 11.3 Å². The van der Waals surface area contributed by atoms with E-state index in [2.05, 4.69) is 0 Å². The highest BCUT2D eigenvalue weighted by Gasteiger charge is 2.23. The Bertz CT molecular complexity index is 527. The third-order valence-corrected chi connectivity index (χ3v) is 2.71. The van der Waals surface area contributed by atoms with Crippen molar-refractivity contribution in [2.24, 2.45) is 0 Å². The van der Waals surface area contributed by atoms with Crippen molar-refractivity contribution < 1.29 is 19.0 Å². The molecule has 2 aromatic rings. The van der Waals surface area contributed by atoms with E-state index in [0.717, 1.165) is 0 Å². The van der Waals surface area contributed by atoms with Gasteiger partial charge in [-0.05, 0) is 5.56 Å². The van der Waals surface area contributed by atoms with Crippen LogP contribution in [0.25, 0.3) is 11.1 Å². The average molecular weight is 250 g/mol. The molecule has 0 saturated carbocycles. The minimum atomic E-state index is -2.93. The maximum atomic E-state index is 12.5. The second-order valence-corrected chi connectivity index (χ2v) is 3.89. The number of hydrogen-bond acceptors (Lipinski definition) is 2. The summed E-state index contributed by atoms with van der Waals surface area (Å²) in [7, 11) is 0. The van der Waals surface area contributed by atoms with Crippen molar-refractivity contribution in [3.05, 3.63) is 54.1 Å². The number of benzene rings is 2. The first-order valence-electron chi connectivity index (χ1n) is 5.44. The van der Waals surface area contributed by atoms with Crippen molar-refractivity contribution in [2.75, 3.05) is 0 Å². The van der Waals surface area contributed by atoms with Crippen molar-refractivity contribution in [1.82, 2.24) is 0 Å². The summed E-state index contributed by atoms with van der Waals surface area (Å²) in [6.45, 7) is 0. The van der Waals surface area contributed by atoms with E-state index in [1.807, 2.05) is 6.07 Å². The fraction of sp³-hybridized carbons (Fsp3) is 0.143. The number of rotatable bonds is 3. The molecule has 0 aliphatic heterocycles. The largest absolute Gasteiger partial charge is 0.507 e. The van der Waals surface area contributed by atoms with Gasteiger partial charge in [-0.25, -0.2) is 8.78 Å². The van der Waals surface area contributed by atoms with Crippen LogP contribution in [-0.4, -0.2) is 16.6 Å². The second kappa shape index (κ2) is 5.14. The van der Waals surface area contributed by atoms with Gasteiger partial charge < -0.3 is 10.2 Å². The predicted octanol–water partition coefficient (Wildman–Crippen LogP) is 3.36. The van der Waals surface area contributed by atoms with E-state index in [1.54, 1.807) is 30.3 Å². The van der Waals surface area contributed by atoms with Crippen LogP contribution in [0.1, 0.15) is 11.7 Å². The van der Waals surface area contributed by atoms with Crippen molar-refractivity contribution in [1.29, 1.82) is 0 Å². The second-order valence-electron chi connectivity index (χ2n) is 3.89. The molecule has 0 aliphatic rings. The van der Waals surface area contributed by atoms with Gasteiger partial charge in [-0.15, -0.1) is 0 Å². The number of hydrogen-bond donors (Lipinski definition) is 2. The lowest BCUT2D eigenvalue weighted by Gasteiger charge is -2.14. The van der Waals surface area contributed by atoms with Crippen LogP contribution in [0.3, 0.4) is 0 Å². The van der Waals surface area contributed by atoms with Crippen molar-refractivity contribution in [3.63, 3.8) is 0 Å². The molecular formula is C14H12F2O2. The number of halogens is 2. The van der Waals surface area contributed by atoms with E-state index < -0.39 is 12.5 Å². The predicted molar refractivity (Wildman–Crippen MR) is 64.5 cm³/mol. The maximum absolute atomic E-state index is 12.5. The van der Waals surface area contributed by atoms with Crippen LogP contribution >= 0.6 is 0 Å². The molecule has 0 fully saturated rings. The van der Waals surface area contributed by atoms with Gasteiger partial charge in [-0.1, -0.05) is 48.5 Å². The summed E-state index contributed by atoms with van der Waals surface area (Å²) in [4.78, 5) is 0. The lowest BCUT2D eigenvalue weighted by Crippen LogP contribution is -2.08.